The minimum Gasteiger partial charge on any atom is -0.461 e. The quantitative estimate of drug-likeness (QED) is 0.677. The number of nitrogens with zero attached hydrogens (tertiary/aromatic N) is 1. The van der Waals surface area contributed by atoms with Gasteiger partial charge in [-0.3, -0.25) is 4.79 Å². The Morgan fingerprint density at radius 2 is 1.91 bits per heavy atom. The van der Waals surface area contributed by atoms with Crippen molar-refractivity contribution in [3.63, 3.8) is 0 Å². The van der Waals surface area contributed by atoms with Gasteiger partial charge in [-0.25, -0.2) is 9.78 Å². The number of rotatable bonds is 5. The lowest BCUT2D eigenvalue weighted by molar-refractivity contribution is 0.0519. The number of nitrogens with one attached hydrogen (secondary N) is 1. The van der Waals surface area contributed by atoms with Crippen LogP contribution in [0.2, 0.25) is 0 Å². The third-order valence-corrected chi connectivity index (χ3v) is 3.52. The fourth-order valence-corrected chi connectivity index (χ4v) is 2.24. The first-order valence-corrected chi connectivity index (χ1v) is 7.96. The highest BCUT2D eigenvalue weighted by atomic mass is 32.2. The summed E-state index contributed by atoms with van der Waals surface area (Å²) in [4.78, 5) is 28.9. The summed E-state index contributed by atoms with van der Waals surface area (Å²) in [5.74, 6) is -0.911. The number of hydrogen-bond acceptors (Lipinski definition) is 5. The van der Waals surface area contributed by atoms with Crippen LogP contribution in [0.1, 0.15) is 27.9 Å². The van der Waals surface area contributed by atoms with Crippen molar-refractivity contribution in [2.75, 3.05) is 18.2 Å². The van der Waals surface area contributed by atoms with Crippen molar-refractivity contribution < 1.29 is 14.3 Å². The zero-order valence-corrected chi connectivity index (χ0v) is 13.1. The van der Waals surface area contributed by atoms with Gasteiger partial charge >= 0.3 is 5.97 Å². The van der Waals surface area contributed by atoms with E-state index in [1.54, 1.807) is 36.9 Å². The molecule has 2 rings (SSSR count). The molecule has 0 fully saturated rings. The molecule has 1 aromatic heterocycles. The first kappa shape index (κ1) is 16.0. The molecule has 0 aliphatic heterocycles. The molecule has 22 heavy (non-hydrogen) atoms. The van der Waals surface area contributed by atoms with Crippen molar-refractivity contribution in [2.24, 2.45) is 0 Å². The number of ether oxygens (including phenoxy) is 1. The second-order valence-electron chi connectivity index (χ2n) is 4.31. The van der Waals surface area contributed by atoms with Crippen LogP contribution in [0.4, 0.5) is 5.69 Å². The summed E-state index contributed by atoms with van der Waals surface area (Å²) in [6.07, 6.45) is 1.96. The third kappa shape index (κ3) is 4.08. The fourth-order valence-electron chi connectivity index (χ4n) is 1.78. The minimum atomic E-state index is -0.540. The molecule has 114 valence electrons. The van der Waals surface area contributed by atoms with E-state index >= 15 is 0 Å². The van der Waals surface area contributed by atoms with Gasteiger partial charge in [0.05, 0.1) is 6.61 Å². The summed E-state index contributed by atoms with van der Waals surface area (Å²) in [6.45, 7) is 1.98. The first-order valence-electron chi connectivity index (χ1n) is 6.73. The van der Waals surface area contributed by atoms with E-state index < -0.39 is 5.97 Å². The highest BCUT2D eigenvalue weighted by Gasteiger charge is 2.13. The fraction of sp³-hybridized carbons (Fsp3) is 0.188. The normalized spacial score (nSPS) is 10.1. The van der Waals surface area contributed by atoms with E-state index in [0.29, 0.717) is 5.69 Å². The van der Waals surface area contributed by atoms with E-state index in [9.17, 15) is 9.59 Å². The maximum absolute atomic E-state index is 12.2. The van der Waals surface area contributed by atoms with E-state index in [1.807, 2.05) is 24.5 Å². The molecule has 0 spiro atoms. The minimum absolute atomic E-state index is 0.118. The van der Waals surface area contributed by atoms with Crippen LogP contribution >= 0.6 is 11.8 Å². The summed E-state index contributed by atoms with van der Waals surface area (Å²) in [6, 6.07) is 12.2. The Hall–Kier alpha value is -2.34. The van der Waals surface area contributed by atoms with Gasteiger partial charge in [-0.2, -0.15) is 0 Å². The predicted octanol–water partition coefficient (Wildman–Crippen LogP) is 3.23. The molecule has 0 bridgehead atoms. The molecule has 0 atom stereocenters. The maximum Gasteiger partial charge on any atom is 0.356 e. The van der Waals surface area contributed by atoms with E-state index in [-0.39, 0.29) is 23.9 Å². The second-order valence-corrected chi connectivity index (χ2v) is 5.19. The Morgan fingerprint density at radius 1 is 1.18 bits per heavy atom. The molecule has 0 radical (unpaired) electrons. The van der Waals surface area contributed by atoms with E-state index in [1.165, 1.54) is 6.07 Å². The molecule has 0 saturated carbocycles. The van der Waals surface area contributed by atoms with E-state index in [2.05, 4.69) is 10.3 Å². The molecule has 0 saturated heterocycles. The monoisotopic (exact) mass is 316 g/mol. The molecule has 1 amide bonds. The van der Waals surface area contributed by atoms with Gasteiger partial charge in [-0.1, -0.05) is 12.1 Å². The smallest absolute Gasteiger partial charge is 0.356 e. The van der Waals surface area contributed by atoms with Gasteiger partial charge in [0.15, 0.2) is 0 Å². The molecule has 0 unspecified atom stereocenters. The summed E-state index contributed by atoms with van der Waals surface area (Å²) < 4.78 is 4.88. The number of benzene rings is 1. The third-order valence-electron chi connectivity index (χ3n) is 2.79. The number of anilines is 1. The molecule has 1 aromatic carbocycles. The van der Waals surface area contributed by atoms with Crippen LogP contribution in [0.5, 0.6) is 0 Å². The Labute approximate surface area is 133 Å². The van der Waals surface area contributed by atoms with Gasteiger partial charge < -0.3 is 10.1 Å². The molecular formula is C16H16N2O3S. The van der Waals surface area contributed by atoms with Crippen LogP contribution in [0, 0.1) is 0 Å². The molecule has 2 aromatic rings. The molecule has 0 aliphatic rings. The number of carbonyl (C=O) groups is 2. The number of pyridine rings is 1. The molecule has 5 nitrogen and oxygen atoms in total. The van der Waals surface area contributed by atoms with Crippen LogP contribution in [0.15, 0.2) is 47.4 Å². The zero-order valence-electron chi connectivity index (χ0n) is 12.3. The van der Waals surface area contributed by atoms with Gasteiger partial charge in [-0.05, 0) is 43.5 Å². The van der Waals surface area contributed by atoms with E-state index in [4.69, 9.17) is 4.74 Å². The lowest BCUT2D eigenvalue weighted by Crippen LogP contribution is -2.16. The predicted molar refractivity (Wildman–Crippen MR) is 86.4 cm³/mol. The maximum atomic E-state index is 12.2. The zero-order chi connectivity index (χ0) is 15.9. The van der Waals surface area contributed by atoms with Crippen LogP contribution in [-0.2, 0) is 4.74 Å². The molecule has 6 heteroatoms. The average molecular weight is 316 g/mol. The SMILES string of the molecule is CCOC(=O)c1cccc(C(=O)Nc2cccc(SC)c2)n1. The highest BCUT2D eigenvalue weighted by Crippen LogP contribution is 2.19. The van der Waals surface area contributed by atoms with Crippen molar-refractivity contribution >= 4 is 29.3 Å². The van der Waals surface area contributed by atoms with Crippen LogP contribution in [0.3, 0.4) is 0 Å². The van der Waals surface area contributed by atoms with Gasteiger partial charge in [0, 0.05) is 10.6 Å². The molecule has 1 heterocycles. The Bertz CT molecular complexity index is 689. The Balaban J connectivity index is 2.15. The van der Waals surface area contributed by atoms with Crippen molar-refractivity contribution in [3.8, 4) is 0 Å². The lowest BCUT2D eigenvalue weighted by atomic mass is 10.2. The highest BCUT2D eigenvalue weighted by molar-refractivity contribution is 7.98. The van der Waals surface area contributed by atoms with Crippen molar-refractivity contribution in [1.82, 2.24) is 4.98 Å². The van der Waals surface area contributed by atoms with Gasteiger partial charge in [0.1, 0.15) is 11.4 Å². The van der Waals surface area contributed by atoms with Gasteiger partial charge in [-0.15, -0.1) is 11.8 Å². The van der Waals surface area contributed by atoms with Gasteiger partial charge in [0.25, 0.3) is 5.91 Å². The number of aromatic nitrogens is 1. The standard InChI is InChI=1S/C16H16N2O3S/c1-3-21-16(20)14-9-5-8-13(18-14)15(19)17-11-6-4-7-12(10-11)22-2/h4-10H,3H2,1-2H3,(H,17,19). The molecule has 0 aliphatic carbocycles. The summed E-state index contributed by atoms with van der Waals surface area (Å²) >= 11 is 1.59. The van der Waals surface area contributed by atoms with Crippen LogP contribution in [-0.4, -0.2) is 29.7 Å². The van der Waals surface area contributed by atoms with E-state index in [0.717, 1.165) is 4.90 Å². The molecule has 1 N–H and O–H groups in total. The number of amides is 1. The lowest BCUT2D eigenvalue weighted by Gasteiger charge is -2.07. The topological polar surface area (TPSA) is 68.3 Å². The van der Waals surface area contributed by atoms with Crippen molar-refractivity contribution in [1.29, 1.82) is 0 Å². The number of hydrogen-bond donors (Lipinski definition) is 1. The Morgan fingerprint density at radius 3 is 2.64 bits per heavy atom. The summed E-state index contributed by atoms with van der Waals surface area (Å²) in [5.41, 5.74) is 0.965. The van der Waals surface area contributed by atoms with Crippen molar-refractivity contribution in [2.45, 2.75) is 11.8 Å². The largest absolute Gasteiger partial charge is 0.461 e. The second kappa shape index (κ2) is 7.61. The van der Waals surface area contributed by atoms with Crippen LogP contribution in [0.25, 0.3) is 0 Å². The Kier molecular flexibility index (Phi) is 5.55. The van der Waals surface area contributed by atoms with Crippen molar-refractivity contribution in [3.05, 3.63) is 53.9 Å². The van der Waals surface area contributed by atoms with Gasteiger partial charge in [0.2, 0.25) is 0 Å². The summed E-state index contributed by atoms with van der Waals surface area (Å²) in [5, 5.41) is 2.76. The summed E-state index contributed by atoms with van der Waals surface area (Å²) in [7, 11) is 0. The number of esters is 1. The van der Waals surface area contributed by atoms with Crippen LogP contribution < -0.4 is 5.32 Å². The molecular weight excluding hydrogens is 300 g/mol. The number of carbonyl (C=O) groups excluding carboxylic acids is 2. The number of thioether (sulfide) groups is 1. The first-order chi connectivity index (χ1) is 10.6. The average Bonchev–Trinajstić information content (AvgIpc) is 2.55.